The Labute approximate surface area is 148 Å². The Morgan fingerprint density at radius 1 is 1.12 bits per heavy atom. The molecule has 132 valence electrons. The summed E-state index contributed by atoms with van der Waals surface area (Å²) in [6.45, 7) is 4.42. The Balaban J connectivity index is 1.80. The molecule has 1 aliphatic carbocycles. The van der Waals surface area contributed by atoms with Gasteiger partial charge in [-0.05, 0) is 79.5 Å². The van der Waals surface area contributed by atoms with Gasteiger partial charge in [0.15, 0.2) is 0 Å². The topological polar surface area (TPSA) is 9.23 Å². The molecule has 0 fully saturated rings. The fraction of sp³-hybridized carbons (Fsp3) is 0.364. The molecular formula is C22H24F2O. The number of aryl methyl sites for hydroxylation is 2. The summed E-state index contributed by atoms with van der Waals surface area (Å²) in [7, 11) is 0. The highest BCUT2D eigenvalue weighted by Gasteiger charge is 2.26. The molecule has 0 saturated heterocycles. The summed E-state index contributed by atoms with van der Waals surface area (Å²) in [6, 6.07) is 8.99. The first-order chi connectivity index (χ1) is 12.1. The summed E-state index contributed by atoms with van der Waals surface area (Å²) in [5, 5.41) is 0. The van der Waals surface area contributed by atoms with Crippen LogP contribution in [-0.2, 0) is 19.3 Å². The molecule has 1 aliphatic rings. The molecule has 0 N–H and O–H groups in total. The zero-order valence-corrected chi connectivity index (χ0v) is 14.8. The van der Waals surface area contributed by atoms with Gasteiger partial charge in [-0.3, -0.25) is 0 Å². The number of fused-ring (bicyclic) bond motifs is 1. The lowest BCUT2D eigenvalue weighted by atomic mass is 9.79. The van der Waals surface area contributed by atoms with E-state index >= 15 is 0 Å². The number of rotatable bonds is 5. The lowest BCUT2D eigenvalue weighted by Gasteiger charge is -2.26. The first-order valence-corrected chi connectivity index (χ1v) is 8.96. The van der Waals surface area contributed by atoms with Gasteiger partial charge in [-0.2, -0.15) is 0 Å². The maximum atomic E-state index is 14.4. The first kappa shape index (κ1) is 17.7. The van der Waals surface area contributed by atoms with Crippen LogP contribution in [0.3, 0.4) is 0 Å². The van der Waals surface area contributed by atoms with Crippen molar-refractivity contribution in [1.29, 1.82) is 0 Å². The zero-order chi connectivity index (χ0) is 17.8. The Kier molecular flexibility index (Phi) is 5.52. The number of benzene rings is 2. The van der Waals surface area contributed by atoms with Crippen molar-refractivity contribution in [1.82, 2.24) is 0 Å². The summed E-state index contributed by atoms with van der Waals surface area (Å²) in [6.07, 6.45) is 6.79. The van der Waals surface area contributed by atoms with Crippen LogP contribution in [0.1, 0.15) is 48.4 Å². The van der Waals surface area contributed by atoms with Crippen LogP contribution in [0.2, 0.25) is 0 Å². The van der Waals surface area contributed by atoms with Crippen molar-refractivity contribution in [2.24, 2.45) is 0 Å². The molecule has 0 radical (unpaired) electrons. The highest BCUT2D eigenvalue weighted by molar-refractivity contribution is 5.40. The molecule has 2 aromatic carbocycles. The van der Waals surface area contributed by atoms with E-state index in [2.05, 4.69) is 6.07 Å². The van der Waals surface area contributed by atoms with E-state index in [4.69, 9.17) is 4.74 Å². The van der Waals surface area contributed by atoms with Gasteiger partial charge in [-0.25, -0.2) is 8.78 Å². The van der Waals surface area contributed by atoms with Crippen molar-refractivity contribution in [3.63, 3.8) is 0 Å². The molecular weight excluding hydrogens is 318 g/mol. The summed E-state index contributed by atoms with van der Waals surface area (Å²) >= 11 is 0. The predicted molar refractivity (Wildman–Crippen MR) is 97.3 cm³/mol. The van der Waals surface area contributed by atoms with E-state index in [-0.39, 0.29) is 11.5 Å². The van der Waals surface area contributed by atoms with Gasteiger partial charge < -0.3 is 4.74 Å². The molecule has 0 bridgehead atoms. The van der Waals surface area contributed by atoms with Crippen LogP contribution < -0.4 is 4.74 Å². The number of ether oxygens (including phenoxy) is 1. The SMILES string of the molecule is CC=CCOc1ccc2c(c1)CCC(c1c(F)cc(CC)cc1F)C2. The van der Waals surface area contributed by atoms with E-state index in [1.807, 2.05) is 38.1 Å². The smallest absolute Gasteiger partial charge is 0.129 e. The van der Waals surface area contributed by atoms with Crippen LogP contribution in [0.15, 0.2) is 42.5 Å². The second-order valence-electron chi connectivity index (χ2n) is 6.58. The highest BCUT2D eigenvalue weighted by Crippen LogP contribution is 2.36. The highest BCUT2D eigenvalue weighted by atomic mass is 19.1. The van der Waals surface area contributed by atoms with Crippen molar-refractivity contribution in [3.8, 4) is 5.75 Å². The minimum Gasteiger partial charge on any atom is -0.490 e. The lowest BCUT2D eigenvalue weighted by Crippen LogP contribution is -2.16. The average molecular weight is 342 g/mol. The average Bonchev–Trinajstić information content (AvgIpc) is 2.61. The monoisotopic (exact) mass is 342 g/mol. The maximum Gasteiger partial charge on any atom is 0.129 e. The Morgan fingerprint density at radius 2 is 1.88 bits per heavy atom. The fourth-order valence-electron chi connectivity index (χ4n) is 3.54. The summed E-state index contributed by atoms with van der Waals surface area (Å²) in [5.74, 6) is -0.0682. The molecule has 1 unspecified atom stereocenters. The molecule has 25 heavy (non-hydrogen) atoms. The van der Waals surface area contributed by atoms with Crippen LogP contribution in [0.4, 0.5) is 8.78 Å². The predicted octanol–water partition coefficient (Wildman–Crippen LogP) is 5.75. The van der Waals surface area contributed by atoms with E-state index in [0.29, 0.717) is 25.0 Å². The molecule has 1 atom stereocenters. The Bertz CT molecular complexity index is 757. The van der Waals surface area contributed by atoms with Gasteiger partial charge >= 0.3 is 0 Å². The van der Waals surface area contributed by atoms with E-state index in [9.17, 15) is 8.78 Å². The third-order valence-electron chi connectivity index (χ3n) is 4.94. The number of halogens is 2. The van der Waals surface area contributed by atoms with Crippen molar-refractivity contribution in [2.75, 3.05) is 6.61 Å². The van der Waals surface area contributed by atoms with Gasteiger partial charge in [0.1, 0.15) is 24.0 Å². The number of hydrogen-bond acceptors (Lipinski definition) is 1. The minimum absolute atomic E-state index is 0.104. The van der Waals surface area contributed by atoms with Gasteiger partial charge in [0.25, 0.3) is 0 Å². The second-order valence-corrected chi connectivity index (χ2v) is 6.58. The fourth-order valence-corrected chi connectivity index (χ4v) is 3.54. The quantitative estimate of drug-likeness (QED) is 0.628. The molecule has 3 rings (SSSR count). The first-order valence-electron chi connectivity index (χ1n) is 8.96. The second kappa shape index (κ2) is 7.81. The van der Waals surface area contributed by atoms with E-state index < -0.39 is 11.6 Å². The third-order valence-corrected chi connectivity index (χ3v) is 4.94. The van der Waals surface area contributed by atoms with Crippen molar-refractivity contribution < 1.29 is 13.5 Å². The largest absolute Gasteiger partial charge is 0.490 e. The standard InChI is InChI=1S/C22H24F2O/c1-3-5-10-25-19-9-8-16-13-18(7-6-17(16)14-19)22-20(23)11-15(4-2)12-21(22)24/h3,5,8-9,11-12,14,18H,4,6-7,10,13H2,1-2H3. The van der Waals surface area contributed by atoms with Gasteiger partial charge in [0.05, 0.1) is 0 Å². The molecule has 0 spiro atoms. The van der Waals surface area contributed by atoms with E-state index in [1.54, 1.807) is 0 Å². The van der Waals surface area contributed by atoms with Gasteiger partial charge in [-0.15, -0.1) is 0 Å². The Morgan fingerprint density at radius 3 is 2.56 bits per heavy atom. The van der Waals surface area contributed by atoms with Crippen LogP contribution in [-0.4, -0.2) is 6.61 Å². The maximum absolute atomic E-state index is 14.4. The molecule has 3 heteroatoms. The lowest BCUT2D eigenvalue weighted by molar-refractivity contribution is 0.361. The van der Waals surface area contributed by atoms with Gasteiger partial charge in [0, 0.05) is 5.56 Å². The zero-order valence-electron chi connectivity index (χ0n) is 14.8. The minimum atomic E-state index is -0.406. The normalized spacial score (nSPS) is 16.9. The van der Waals surface area contributed by atoms with Crippen LogP contribution in [0.5, 0.6) is 5.75 Å². The van der Waals surface area contributed by atoms with E-state index in [0.717, 1.165) is 24.2 Å². The molecule has 0 amide bonds. The summed E-state index contributed by atoms with van der Waals surface area (Å²) < 4.78 is 34.5. The molecule has 0 aromatic heterocycles. The van der Waals surface area contributed by atoms with Crippen LogP contribution >= 0.6 is 0 Å². The van der Waals surface area contributed by atoms with Crippen molar-refractivity contribution in [2.45, 2.75) is 45.4 Å². The van der Waals surface area contributed by atoms with Gasteiger partial charge in [-0.1, -0.05) is 25.1 Å². The molecule has 0 aliphatic heterocycles. The molecule has 0 heterocycles. The van der Waals surface area contributed by atoms with Gasteiger partial charge in [0.2, 0.25) is 0 Å². The molecule has 0 saturated carbocycles. The van der Waals surface area contributed by atoms with E-state index in [1.165, 1.54) is 17.7 Å². The number of hydrogen-bond donors (Lipinski definition) is 0. The van der Waals surface area contributed by atoms with Crippen molar-refractivity contribution >= 4 is 0 Å². The summed E-state index contributed by atoms with van der Waals surface area (Å²) in [4.78, 5) is 0. The van der Waals surface area contributed by atoms with Crippen LogP contribution in [0, 0.1) is 11.6 Å². The third kappa shape index (κ3) is 3.92. The Hall–Kier alpha value is -2.16. The number of allylic oxidation sites excluding steroid dienone is 1. The molecule has 1 nitrogen and oxygen atoms in total. The van der Waals surface area contributed by atoms with Crippen molar-refractivity contribution in [3.05, 3.63) is 76.4 Å². The summed E-state index contributed by atoms with van der Waals surface area (Å²) in [5.41, 5.74) is 3.34. The van der Waals surface area contributed by atoms with Crippen LogP contribution in [0.25, 0.3) is 0 Å². The molecule has 2 aromatic rings.